The van der Waals surface area contributed by atoms with Crippen molar-refractivity contribution in [3.8, 4) is 5.75 Å². The van der Waals surface area contributed by atoms with Crippen molar-refractivity contribution in [2.45, 2.75) is 40.2 Å². The standard InChI is InChI=1S/C14H21NO2/c1-8(2)14(17)13(15)7-12-9(3)5-11(16)6-10(12)4/h5-6,8,13,16H,7,15H2,1-4H3/t13-/m0/s1. The molecule has 0 aliphatic carbocycles. The Hall–Kier alpha value is -1.35. The molecule has 1 rings (SSSR count). The van der Waals surface area contributed by atoms with E-state index in [-0.39, 0.29) is 17.5 Å². The molecule has 3 N–H and O–H groups in total. The molecule has 0 bridgehead atoms. The van der Waals surface area contributed by atoms with Crippen molar-refractivity contribution in [2.75, 3.05) is 0 Å². The van der Waals surface area contributed by atoms with Gasteiger partial charge in [-0.2, -0.15) is 0 Å². The van der Waals surface area contributed by atoms with E-state index in [0.717, 1.165) is 16.7 Å². The van der Waals surface area contributed by atoms with Crippen LogP contribution in [-0.2, 0) is 11.2 Å². The highest BCUT2D eigenvalue weighted by atomic mass is 16.3. The van der Waals surface area contributed by atoms with Crippen molar-refractivity contribution in [2.24, 2.45) is 11.7 Å². The number of hydrogen-bond acceptors (Lipinski definition) is 3. The highest BCUT2D eigenvalue weighted by Crippen LogP contribution is 2.22. The summed E-state index contributed by atoms with van der Waals surface area (Å²) < 4.78 is 0. The Morgan fingerprint density at radius 2 is 1.76 bits per heavy atom. The normalized spacial score (nSPS) is 12.8. The smallest absolute Gasteiger partial charge is 0.152 e. The number of ketones is 1. The van der Waals surface area contributed by atoms with Crippen LogP contribution in [0.1, 0.15) is 30.5 Å². The van der Waals surface area contributed by atoms with Crippen molar-refractivity contribution in [3.63, 3.8) is 0 Å². The molecule has 1 aromatic carbocycles. The maximum Gasteiger partial charge on any atom is 0.152 e. The summed E-state index contributed by atoms with van der Waals surface area (Å²) in [6, 6.07) is 2.95. The van der Waals surface area contributed by atoms with Crippen LogP contribution in [0.25, 0.3) is 0 Å². The Bertz CT molecular complexity index is 401. The molecule has 0 saturated heterocycles. The Morgan fingerprint density at radius 3 is 2.18 bits per heavy atom. The van der Waals surface area contributed by atoms with E-state index in [1.165, 1.54) is 0 Å². The average Bonchev–Trinajstić information content (AvgIpc) is 2.21. The Kier molecular flexibility index (Phi) is 4.29. The molecule has 0 aliphatic rings. The largest absolute Gasteiger partial charge is 0.508 e. The molecular weight excluding hydrogens is 214 g/mol. The van der Waals surface area contributed by atoms with Crippen molar-refractivity contribution in [3.05, 3.63) is 28.8 Å². The maximum atomic E-state index is 11.8. The molecule has 0 heterocycles. The van der Waals surface area contributed by atoms with E-state index in [1.54, 1.807) is 12.1 Å². The summed E-state index contributed by atoms with van der Waals surface area (Å²) in [6.45, 7) is 7.57. The summed E-state index contributed by atoms with van der Waals surface area (Å²) in [5.41, 5.74) is 8.94. The number of rotatable bonds is 4. The minimum Gasteiger partial charge on any atom is -0.508 e. The van der Waals surface area contributed by atoms with Crippen LogP contribution in [0.15, 0.2) is 12.1 Å². The molecule has 0 aromatic heterocycles. The predicted octanol–water partition coefficient (Wildman–Crippen LogP) is 2.10. The van der Waals surface area contributed by atoms with Crippen molar-refractivity contribution in [1.82, 2.24) is 0 Å². The van der Waals surface area contributed by atoms with Crippen LogP contribution < -0.4 is 5.73 Å². The third kappa shape index (κ3) is 3.30. The lowest BCUT2D eigenvalue weighted by atomic mass is 9.92. The van der Waals surface area contributed by atoms with Gasteiger partial charge in [-0.15, -0.1) is 0 Å². The lowest BCUT2D eigenvalue weighted by Gasteiger charge is -2.16. The first-order valence-electron chi connectivity index (χ1n) is 5.91. The number of carbonyl (C=O) groups is 1. The van der Waals surface area contributed by atoms with Crippen molar-refractivity contribution in [1.29, 1.82) is 0 Å². The Morgan fingerprint density at radius 1 is 1.29 bits per heavy atom. The van der Waals surface area contributed by atoms with Gasteiger partial charge in [0.1, 0.15) is 5.75 Å². The first-order valence-corrected chi connectivity index (χ1v) is 5.91. The van der Waals surface area contributed by atoms with Crippen LogP contribution in [0.4, 0.5) is 0 Å². The zero-order valence-corrected chi connectivity index (χ0v) is 10.9. The number of phenols is 1. The summed E-state index contributed by atoms with van der Waals surface area (Å²) >= 11 is 0. The van der Waals surface area contributed by atoms with Gasteiger partial charge in [0.15, 0.2) is 5.78 Å². The number of hydrogen-bond donors (Lipinski definition) is 2. The molecule has 3 heteroatoms. The first kappa shape index (κ1) is 13.7. The van der Waals surface area contributed by atoms with Gasteiger partial charge in [-0.3, -0.25) is 4.79 Å². The molecule has 0 radical (unpaired) electrons. The van der Waals surface area contributed by atoms with Gasteiger partial charge in [-0.25, -0.2) is 0 Å². The number of aryl methyl sites for hydroxylation is 2. The fourth-order valence-electron chi connectivity index (χ4n) is 2.04. The molecule has 0 amide bonds. The zero-order valence-electron chi connectivity index (χ0n) is 10.9. The number of carbonyl (C=O) groups excluding carboxylic acids is 1. The second-order valence-electron chi connectivity index (χ2n) is 4.93. The maximum absolute atomic E-state index is 11.8. The summed E-state index contributed by atoms with van der Waals surface area (Å²) in [5, 5.41) is 9.45. The molecule has 0 fully saturated rings. The number of nitrogens with two attached hydrogens (primary N) is 1. The zero-order chi connectivity index (χ0) is 13.2. The van der Waals surface area contributed by atoms with Gasteiger partial charge in [-0.1, -0.05) is 13.8 Å². The van der Waals surface area contributed by atoms with E-state index in [2.05, 4.69) is 0 Å². The number of Topliss-reactive ketones (excluding diaryl/α,β-unsaturated/α-hetero) is 1. The summed E-state index contributed by atoms with van der Waals surface area (Å²) in [7, 11) is 0. The fraction of sp³-hybridized carbons (Fsp3) is 0.500. The molecule has 0 unspecified atom stereocenters. The Balaban J connectivity index is 2.92. The van der Waals surface area contributed by atoms with Gasteiger partial charge in [0, 0.05) is 5.92 Å². The molecule has 0 aliphatic heterocycles. The third-order valence-corrected chi connectivity index (χ3v) is 3.04. The number of aromatic hydroxyl groups is 1. The van der Waals surface area contributed by atoms with Crippen LogP contribution in [0, 0.1) is 19.8 Å². The van der Waals surface area contributed by atoms with E-state index in [4.69, 9.17) is 5.73 Å². The van der Waals surface area contributed by atoms with Gasteiger partial charge >= 0.3 is 0 Å². The quantitative estimate of drug-likeness (QED) is 0.840. The molecule has 94 valence electrons. The van der Waals surface area contributed by atoms with Crippen LogP contribution in [0.5, 0.6) is 5.75 Å². The van der Waals surface area contributed by atoms with E-state index < -0.39 is 6.04 Å². The topological polar surface area (TPSA) is 63.3 Å². The van der Waals surface area contributed by atoms with E-state index in [0.29, 0.717) is 6.42 Å². The molecule has 1 atom stereocenters. The summed E-state index contributed by atoms with van der Waals surface area (Å²) in [5.74, 6) is 0.298. The highest BCUT2D eigenvalue weighted by Gasteiger charge is 2.19. The van der Waals surface area contributed by atoms with Crippen LogP contribution in [-0.4, -0.2) is 16.9 Å². The third-order valence-electron chi connectivity index (χ3n) is 3.04. The lowest BCUT2D eigenvalue weighted by molar-refractivity contribution is -0.123. The van der Waals surface area contributed by atoms with Crippen LogP contribution >= 0.6 is 0 Å². The predicted molar refractivity (Wildman–Crippen MR) is 69.1 cm³/mol. The van der Waals surface area contributed by atoms with Crippen LogP contribution in [0.3, 0.4) is 0 Å². The minimum atomic E-state index is -0.461. The highest BCUT2D eigenvalue weighted by molar-refractivity contribution is 5.85. The van der Waals surface area contributed by atoms with Gasteiger partial charge < -0.3 is 10.8 Å². The van der Waals surface area contributed by atoms with E-state index in [9.17, 15) is 9.90 Å². The minimum absolute atomic E-state index is 0.0391. The van der Waals surface area contributed by atoms with Crippen molar-refractivity contribution < 1.29 is 9.90 Å². The Labute approximate surface area is 103 Å². The molecule has 17 heavy (non-hydrogen) atoms. The second kappa shape index (κ2) is 5.32. The van der Waals surface area contributed by atoms with E-state index in [1.807, 2.05) is 27.7 Å². The SMILES string of the molecule is Cc1cc(O)cc(C)c1C[C@H](N)C(=O)C(C)C. The molecule has 1 aromatic rings. The fourth-order valence-corrected chi connectivity index (χ4v) is 2.04. The number of benzene rings is 1. The summed E-state index contributed by atoms with van der Waals surface area (Å²) in [4.78, 5) is 11.8. The van der Waals surface area contributed by atoms with Gasteiger partial charge in [0.05, 0.1) is 6.04 Å². The second-order valence-corrected chi connectivity index (χ2v) is 4.93. The van der Waals surface area contributed by atoms with Gasteiger partial charge in [0.2, 0.25) is 0 Å². The summed E-state index contributed by atoms with van der Waals surface area (Å²) in [6.07, 6.45) is 0.537. The van der Waals surface area contributed by atoms with E-state index >= 15 is 0 Å². The number of phenolic OH excluding ortho intramolecular Hbond substituents is 1. The average molecular weight is 235 g/mol. The van der Waals surface area contributed by atoms with Gasteiger partial charge in [-0.05, 0) is 49.1 Å². The van der Waals surface area contributed by atoms with Gasteiger partial charge in [0.25, 0.3) is 0 Å². The molecular formula is C14H21NO2. The van der Waals surface area contributed by atoms with Crippen molar-refractivity contribution >= 4 is 5.78 Å². The first-order chi connectivity index (χ1) is 7.82. The molecule has 0 spiro atoms. The van der Waals surface area contributed by atoms with Crippen LogP contribution in [0.2, 0.25) is 0 Å². The monoisotopic (exact) mass is 235 g/mol. The lowest BCUT2D eigenvalue weighted by Crippen LogP contribution is -2.36. The molecule has 0 saturated carbocycles. The molecule has 3 nitrogen and oxygen atoms in total.